The number of rotatable bonds is 8. The van der Waals surface area contributed by atoms with Crippen LogP contribution in [0.2, 0.25) is 0 Å². The molecule has 0 bridgehead atoms. The Morgan fingerprint density at radius 2 is 1.72 bits per heavy atom. The minimum atomic E-state index is -3.54. The van der Waals surface area contributed by atoms with E-state index in [9.17, 15) is 8.42 Å². The molecule has 2 aromatic carbocycles. The van der Waals surface area contributed by atoms with Crippen molar-refractivity contribution in [1.82, 2.24) is 4.31 Å². The van der Waals surface area contributed by atoms with Gasteiger partial charge in [0.1, 0.15) is 18.1 Å². The Morgan fingerprint density at radius 1 is 0.966 bits per heavy atom. The fraction of sp³-hybridized carbons (Fsp3) is 0.429. The molecule has 0 amide bonds. The number of nitrogens with zero attached hydrogens (tertiary/aromatic N) is 2. The summed E-state index contributed by atoms with van der Waals surface area (Å²) in [5.74, 6) is 1.46. The lowest BCUT2D eigenvalue weighted by Gasteiger charge is -2.35. The van der Waals surface area contributed by atoms with Gasteiger partial charge in [-0.2, -0.15) is 4.31 Å². The first kappa shape index (κ1) is 21.4. The molecule has 1 fully saturated rings. The van der Waals surface area contributed by atoms with Gasteiger partial charge in [0, 0.05) is 45.0 Å². The van der Waals surface area contributed by atoms with Crippen molar-refractivity contribution < 1.29 is 22.6 Å². The summed E-state index contributed by atoms with van der Waals surface area (Å²) in [5, 5.41) is 0. The summed E-state index contributed by atoms with van der Waals surface area (Å²) in [5.41, 5.74) is 1.83. The van der Waals surface area contributed by atoms with Crippen molar-refractivity contribution in [2.45, 2.75) is 11.8 Å². The van der Waals surface area contributed by atoms with E-state index in [-0.39, 0.29) is 0 Å². The van der Waals surface area contributed by atoms with E-state index in [0.29, 0.717) is 50.0 Å². The van der Waals surface area contributed by atoms with Crippen LogP contribution in [-0.4, -0.2) is 66.3 Å². The predicted molar refractivity (Wildman–Crippen MR) is 113 cm³/mol. The van der Waals surface area contributed by atoms with Gasteiger partial charge in [-0.05, 0) is 42.8 Å². The second-order valence-corrected chi connectivity index (χ2v) is 8.80. The average molecular weight is 421 g/mol. The average Bonchev–Trinajstić information content (AvgIpc) is 2.75. The summed E-state index contributed by atoms with van der Waals surface area (Å²) in [6.07, 6.45) is 0. The number of methoxy groups -OCH3 is 2. The van der Waals surface area contributed by atoms with E-state index < -0.39 is 10.0 Å². The first-order valence-electron chi connectivity index (χ1n) is 9.57. The number of benzene rings is 2. The molecule has 0 N–H and O–H groups in total. The van der Waals surface area contributed by atoms with Gasteiger partial charge in [0.2, 0.25) is 10.0 Å². The minimum absolute atomic E-state index is 0.295. The Balaban J connectivity index is 1.67. The SMILES string of the molecule is COCCOc1ccc(S(=O)(=O)N2CCN(c3cccc(OC)c3)CC2)cc1C. The van der Waals surface area contributed by atoms with Crippen molar-refractivity contribution in [1.29, 1.82) is 0 Å². The summed E-state index contributed by atoms with van der Waals surface area (Å²) in [6, 6.07) is 12.8. The van der Waals surface area contributed by atoms with Gasteiger partial charge in [0.25, 0.3) is 0 Å². The van der Waals surface area contributed by atoms with E-state index in [1.807, 2.05) is 31.2 Å². The van der Waals surface area contributed by atoms with Crippen molar-refractivity contribution in [3.63, 3.8) is 0 Å². The Kier molecular flexibility index (Phi) is 7.00. The van der Waals surface area contributed by atoms with Gasteiger partial charge in [0.15, 0.2) is 0 Å². The highest BCUT2D eigenvalue weighted by Crippen LogP contribution is 2.26. The van der Waals surface area contributed by atoms with Crippen LogP contribution in [0, 0.1) is 6.92 Å². The summed E-state index contributed by atoms with van der Waals surface area (Å²) >= 11 is 0. The highest BCUT2D eigenvalue weighted by atomic mass is 32.2. The predicted octanol–water partition coefficient (Wildman–Crippen LogP) is 2.54. The van der Waals surface area contributed by atoms with Crippen molar-refractivity contribution >= 4 is 15.7 Å². The second-order valence-electron chi connectivity index (χ2n) is 6.86. The van der Waals surface area contributed by atoms with Gasteiger partial charge in [-0.1, -0.05) is 6.07 Å². The zero-order valence-electron chi connectivity index (χ0n) is 17.1. The van der Waals surface area contributed by atoms with Gasteiger partial charge in [-0.25, -0.2) is 8.42 Å². The van der Waals surface area contributed by atoms with E-state index >= 15 is 0 Å². The molecule has 0 unspecified atom stereocenters. The molecule has 0 aliphatic carbocycles. The molecule has 1 aliphatic heterocycles. The van der Waals surface area contributed by atoms with Gasteiger partial charge >= 0.3 is 0 Å². The van der Waals surface area contributed by atoms with Gasteiger partial charge < -0.3 is 19.1 Å². The molecule has 0 spiro atoms. The van der Waals surface area contributed by atoms with Crippen molar-refractivity contribution in [3.8, 4) is 11.5 Å². The summed E-state index contributed by atoms with van der Waals surface area (Å²) in [7, 11) is -0.294. The molecule has 158 valence electrons. The van der Waals surface area contributed by atoms with E-state index in [4.69, 9.17) is 14.2 Å². The molecule has 1 saturated heterocycles. The fourth-order valence-electron chi connectivity index (χ4n) is 3.32. The lowest BCUT2D eigenvalue weighted by molar-refractivity contribution is 0.146. The number of anilines is 1. The number of piperazine rings is 1. The second kappa shape index (κ2) is 9.47. The van der Waals surface area contributed by atoms with Crippen LogP contribution < -0.4 is 14.4 Å². The molecule has 7 nitrogen and oxygen atoms in total. The third-order valence-electron chi connectivity index (χ3n) is 4.99. The molecule has 1 heterocycles. The molecular formula is C21H28N2O5S. The third-order valence-corrected chi connectivity index (χ3v) is 6.88. The summed E-state index contributed by atoms with van der Waals surface area (Å²) in [6.45, 7) is 4.89. The quantitative estimate of drug-likeness (QED) is 0.612. The van der Waals surface area contributed by atoms with Crippen molar-refractivity contribution in [2.24, 2.45) is 0 Å². The number of aryl methyl sites for hydroxylation is 1. The monoisotopic (exact) mass is 420 g/mol. The van der Waals surface area contributed by atoms with E-state index in [1.54, 1.807) is 36.7 Å². The van der Waals surface area contributed by atoms with Crippen LogP contribution in [0.5, 0.6) is 11.5 Å². The summed E-state index contributed by atoms with van der Waals surface area (Å²) < 4.78 is 43.6. The molecule has 0 aromatic heterocycles. The molecular weight excluding hydrogens is 392 g/mol. The van der Waals surface area contributed by atoms with E-state index in [1.165, 1.54) is 0 Å². The zero-order valence-corrected chi connectivity index (χ0v) is 17.9. The number of ether oxygens (including phenoxy) is 3. The highest BCUT2D eigenvalue weighted by Gasteiger charge is 2.29. The Hall–Kier alpha value is -2.29. The minimum Gasteiger partial charge on any atom is -0.497 e. The van der Waals surface area contributed by atoms with Crippen LogP contribution in [0.25, 0.3) is 0 Å². The molecule has 1 aliphatic rings. The smallest absolute Gasteiger partial charge is 0.243 e. The normalized spacial score (nSPS) is 15.3. The van der Waals surface area contributed by atoms with Gasteiger partial charge in [-0.15, -0.1) is 0 Å². The first-order chi connectivity index (χ1) is 14.0. The maximum atomic E-state index is 13.1. The molecule has 3 rings (SSSR count). The zero-order chi connectivity index (χ0) is 20.9. The van der Waals surface area contributed by atoms with Crippen LogP contribution in [0.4, 0.5) is 5.69 Å². The molecule has 0 atom stereocenters. The molecule has 2 aromatic rings. The Bertz CT molecular complexity index is 924. The lowest BCUT2D eigenvalue weighted by Crippen LogP contribution is -2.48. The fourth-order valence-corrected chi connectivity index (χ4v) is 4.83. The number of sulfonamides is 1. The van der Waals surface area contributed by atoms with Crippen LogP contribution in [0.1, 0.15) is 5.56 Å². The topological polar surface area (TPSA) is 68.3 Å². The van der Waals surface area contributed by atoms with Crippen LogP contribution >= 0.6 is 0 Å². The summed E-state index contributed by atoms with van der Waals surface area (Å²) in [4.78, 5) is 2.47. The molecule has 8 heteroatoms. The Labute approximate surface area is 172 Å². The largest absolute Gasteiger partial charge is 0.497 e. The highest BCUT2D eigenvalue weighted by molar-refractivity contribution is 7.89. The number of hydrogen-bond acceptors (Lipinski definition) is 6. The standard InChI is InChI=1S/C21H28N2O5S/c1-17-15-20(7-8-21(17)28-14-13-26-2)29(24,25)23-11-9-22(10-12-23)18-5-4-6-19(16-18)27-3/h4-8,15-16H,9-14H2,1-3H3. The molecule has 29 heavy (non-hydrogen) atoms. The third kappa shape index (κ3) is 5.01. The molecule has 0 saturated carbocycles. The van der Waals surface area contributed by atoms with Crippen LogP contribution in [0.15, 0.2) is 47.4 Å². The molecule has 0 radical (unpaired) electrons. The van der Waals surface area contributed by atoms with Crippen LogP contribution in [-0.2, 0) is 14.8 Å². The van der Waals surface area contributed by atoms with E-state index in [0.717, 1.165) is 17.0 Å². The maximum Gasteiger partial charge on any atom is 0.243 e. The first-order valence-corrected chi connectivity index (χ1v) is 11.0. The maximum absolute atomic E-state index is 13.1. The van der Waals surface area contributed by atoms with Crippen molar-refractivity contribution in [2.75, 3.05) is 58.5 Å². The van der Waals surface area contributed by atoms with Crippen LogP contribution in [0.3, 0.4) is 0 Å². The van der Waals surface area contributed by atoms with E-state index in [2.05, 4.69) is 4.90 Å². The lowest BCUT2D eigenvalue weighted by atomic mass is 10.2. The van der Waals surface area contributed by atoms with Gasteiger partial charge in [0.05, 0.1) is 18.6 Å². The van der Waals surface area contributed by atoms with Gasteiger partial charge in [-0.3, -0.25) is 0 Å². The van der Waals surface area contributed by atoms with Crippen molar-refractivity contribution in [3.05, 3.63) is 48.0 Å². The number of hydrogen-bond donors (Lipinski definition) is 0. The Morgan fingerprint density at radius 3 is 2.38 bits per heavy atom.